The molecule has 0 fully saturated rings. The summed E-state index contributed by atoms with van der Waals surface area (Å²) < 4.78 is 21.7. The molecule has 0 heterocycles. The van der Waals surface area contributed by atoms with Gasteiger partial charge in [0.1, 0.15) is 0 Å². The minimum atomic E-state index is -3.58. The van der Waals surface area contributed by atoms with E-state index in [1.54, 1.807) is 12.1 Å². The summed E-state index contributed by atoms with van der Waals surface area (Å²) in [4.78, 5) is 0.112. The summed E-state index contributed by atoms with van der Waals surface area (Å²) in [7, 11) is -3.58. The molecule has 1 aromatic carbocycles. The van der Waals surface area contributed by atoms with Crippen molar-refractivity contribution in [3.05, 3.63) is 29.8 Å². The summed E-state index contributed by atoms with van der Waals surface area (Å²) in [6.07, 6.45) is 0.630. The van der Waals surface area contributed by atoms with Crippen LogP contribution < -0.4 is 10.9 Å². The van der Waals surface area contributed by atoms with Gasteiger partial charge in [-0.25, -0.2) is 13.6 Å². The fraction of sp³-hybridized carbons (Fsp3) is 0.250. The standard InChI is InChI=1S/C8H11N2O2S/c9-6-5-7-1-3-8(4-2-7)13(10,11)12/h1-4,9H,5-6H2,(H2,10,11,12). The molecule has 0 unspecified atom stereocenters. The van der Waals surface area contributed by atoms with E-state index in [0.717, 1.165) is 5.56 Å². The number of nitrogens with two attached hydrogens (primary N) is 1. The molecule has 0 aliphatic heterocycles. The van der Waals surface area contributed by atoms with Gasteiger partial charge in [-0.2, -0.15) is 0 Å². The van der Waals surface area contributed by atoms with Crippen molar-refractivity contribution in [2.24, 2.45) is 5.14 Å². The smallest absolute Gasteiger partial charge is 0.238 e. The Labute approximate surface area is 77.6 Å². The fourth-order valence-electron chi connectivity index (χ4n) is 0.990. The minimum absolute atomic E-state index is 0.112. The number of nitrogens with one attached hydrogen (secondary N) is 1. The predicted molar refractivity (Wildman–Crippen MR) is 49.5 cm³/mol. The lowest BCUT2D eigenvalue weighted by Gasteiger charge is -2.00. The average molecular weight is 199 g/mol. The summed E-state index contributed by atoms with van der Waals surface area (Å²) in [5.41, 5.74) is 7.92. The van der Waals surface area contributed by atoms with Crippen LogP contribution in [0.2, 0.25) is 0 Å². The van der Waals surface area contributed by atoms with Gasteiger partial charge in [0.15, 0.2) is 0 Å². The van der Waals surface area contributed by atoms with Crippen LogP contribution in [0.25, 0.3) is 0 Å². The number of benzene rings is 1. The number of hydrogen-bond donors (Lipinski definition) is 1. The Hall–Kier alpha value is -0.910. The first kappa shape index (κ1) is 10.2. The van der Waals surface area contributed by atoms with Crippen molar-refractivity contribution in [1.29, 1.82) is 0 Å². The Morgan fingerprint density at radius 2 is 1.77 bits per heavy atom. The summed E-state index contributed by atoms with van der Waals surface area (Å²) in [6.45, 7) is 0.300. The van der Waals surface area contributed by atoms with Crippen LogP contribution in [0.3, 0.4) is 0 Å². The summed E-state index contributed by atoms with van der Waals surface area (Å²) in [6, 6.07) is 6.27. The highest BCUT2D eigenvalue weighted by molar-refractivity contribution is 7.89. The third-order valence-electron chi connectivity index (χ3n) is 1.67. The van der Waals surface area contributed by atoms with Gasteiger partial charge in [0.2, 0.25) is 10.0 Å². The Morgan fingerprint density at radius 1 is 1.23 bits per heavy atom. The van der Waals surface area contributed by atoms with Gasteiger partial charge in [0, 0.05) is 6.54 Å². The maximum atomic E-state index is 10.8. The van der Waals surface area contributed by atoms with Crippen LogP contribution in [0.4, 0.5) is 0 Å². The van der Waals surface area contributed by atoms with Crippen molar-refractivity contribution in [3.63, 3.8) is 0 Å². The molecule has 13 heavy (non-hydrogen) atoms. The summed E-state index contributed by atoms with van der Waals surface area (Å²) >= 11 is 0. The molecule has 0 aromatic heterocycles. The van der Waals surface area contributed by atoms with Crippen LogP contribution >= 0.6 is 0 Å². The lowest BCUT2D eigenvalue weighted by molar-refractivity contribution is 0.598. The molecule has 3 N–H and O–H groups in total. The van der Waals surface area contributed by atoms with Crippen LogP contribution in [-0.2, 0) is 16.4 Å². The average Bonchev–Trinajstić information content (AvgIpc) is 2.04. The summed E-state index contributed by atoms with van der Waals surface area (Å²) in [5, 5.41) is 4.92. The van der Waals surface area contributed by atoms with Crippen LogP contribution in [-0.4, -0.2) is 15.0 Å². The zero-order valence-electron chi connectivity index (χ0n) is 7.03. The summed E-state index contributed by atoms with van der Waals surface area (Å²) in [5.74, 6) is 0. The van der Waals surface area contributed by atoms with Crippen LogP contribution in [0.1, 0.15) is 5.56 Å². The maximum Gasteiger partial charge on any atom is 0.238 e. The van der Waals surface area contributed by atoms with Gasteiger partial charge in [-0.05, 0) is 24.1 Å². The monoisotopic (exact) mass is 199 g/mol. The number of hydrogen-bond acceptors (Lipinski definition) is 2. The van der Waals surface area contributed by atoms with Crippen molar-refractivity contribution in [2.45, 2.75) is 11.3 Å². The minimum Gasteiger partial charge on any atom is -0.258 e. The van der Waals surface area contributed by atoms with E-state index in [-0.39, 0.29) is 4.90 Å². The first-order valence-electron chi connectivity index (χ1n) is 3.80. The maximum absolute atomic E-state index is 10.8. The fourth-order valence-corrected chi connectivity index (χ4v) is 1.51. The van der Waals surface area contributed by atoms with E-state index in [4.69, 9.17) is 10.9 Å². The Morgan fingerprint density at radius 3 is 2.15 bits per heavy atom. The second-order valence-electron chi connectivity index (χ2n) is 2.69. The van der Waals surface area contributed by atoms with Crippen molar-refractivity contribution < 1.29 is 8.42 Å². The molecule has 5 heteroatoms. The Balaban J connectivity index is 2.94. The van der Waals surface area contributed by atoms with Gasteiger partial charge in [-0.15, -0.1) is 0 Å². The molecule has 0 saturated carbocycles. The van der Waals surface area contributed by atoms with E-state index < -0.39 is 10.0 Å². The molecular formula is C8H11N2O2S. The SMILES string of the molecule is [NH]CCc1ccc(S(N)(=O)=O)cc1. The molecule has 0 aliphatic carbocycles. The third kappa shape index (κ3) is 2.80. The molecule has 0 saturated heterocycles. The highest BCUT2D eigenvalue weighted by atomic mass is 32.2. The molecule has 1 aromatic rings. The highest BCUT2D eigenvalue weighted by Gasteiger charge is 2.05. The van der Waals surface area contributed by atoms with E-state index >= 15 is 0 Å². The molecule has 0 bridgehead atoms. The number of primary sulfonamides is 1. The lowest BCUT2D eigenvalue weighted by atomic mass is 10.2. The topological polar surface area (TPSA) is 84.0 Å². The molecule has 4 nitrogen and oxygen atoms in total. The quantitative estimate of drug-likeness (QED) is 0.752. The van der Waals surface area contributed by atoms with E-state index in [0.29, 0.717) is 13.0 Å². The first-order valence-corrected chi connectivity index (χ1v) is 5.35. The van der Waals surface area contributed by atoms with Gasteiger partial charge >= 0.3 is 0 Å². The van der Waals surface area contributed by atoms with Gasteiger partial charge in [0.25, 0.3) is 0 Å². The van der Waals surface area contributed by atoms with Crippen molar-refractivity contribution in [1.82, 2.24) is 5.73 Å². The second kappa shape index (κ2) is 3.87. The van der Waals surface area contributed by atoms with Crippen molar-refractivity contribution in [2.75, 3.05) is 6.54 Å². The van der Waals surface area contributed by atoms with Gasteiger partial charge in [0.05, 0.1) is 4.90 Å². The van der Waals surface area contributed by atoms with E-state index in [9.17, 15) is 8.42 Å². The van der Waals surface area contributed by atoms with E-state index in [2.05, 4.69) is 0 Å². The van der Waals surface area contributed by atoms with E-state index in [1.807, 2.05) is 0 Å². The van der Waals surface area contributed by atoms with Crippen LogP contribution in [0.15, 0.2) is 29.2 Å². The van der Waals surface area contributed by atoms with Crippen LogP contribution in [0.5, 0.6) is 0 Å². The molecule has 0 amide bonds. The van der Waals surface area contributed by atoms with Gasteiger partial charge < -0.3 is 0 Å². The van der Waals surface area contributed by atoms with Crippen molar-refractivity contribution >= 4 is 10.0 Å². The zero-order valence-corrected chi connectivity index (χ0v) is 7.84. The van der Waals surface area contributed by atoms with E-state index in [1.165, 1.54) is 12.1 Å². The van der Waals surface area contributed by atoms with Crippen molar-refractivity contribution in [3.8, 4) is 0 Å². The molecule has 1 radical (unpaired) electrons. The highest BCUT2D eigenvalue weighted by Crippen LogP contribution is 2.08. The number of sulfonamides is 1. The Kier molecular flexibility index (Phi) is 3.02. The largest absolute Gasteiger partial charge is 0.258 e. The first-order chi connectivity index (χ1) is 6.04. The normalized spacial score (nSPS) is 11.5. The Bertz CT molecular complexity index is 370. The molecule has 0 atom stereocenters. The van der Waals surface area contributed by atoms with Gasteiger partial charge in [-0.1, -0.05) is 12.1 Å². The molecule has 0 spiro atoms. The van der Waals surface area contributed by atoms with Crippen LogP contribution in [0, 0.1) is 0 Å². The predicted octanol–water partition coefficient (Wildman–Crippen LogP) is 0.159. The lowest BCUT2D eigenvalue weighted by Crippen LogP contribution is -2.11. The molecule has 0 aliphatic rings. The third-order valence-corrected chi connectivity index (χ3v) is 2.59. The molecule has 1 rings (SSSR count). The molecule has 71 valence electrons. The molecular weight excluding hydrogens is 188 g/mol. The second-order valence-corrected chi connectivity index (χ2v) is 4.25. The number of rotatable bonds is 3. The van der Waals surface area contributed by atoms with Gasteiger partial charge in [-0.3, -0.25) is 5.73 Å². The zero-order chi connectivity index (χ0) is 9.90.